The number of aromatic nitrogens is 1. The zero-order valence-electron chi connectivity index (χ0n) is 19.4. The Balaban J connectivity index is 1.34. The summed E-state index contributed by atoms with van der Waals surface area (Å²) in [5, 5.41) is 5.01. The van der Waals surface area contributed by atoms with E-state index in [0.717, 1.165) is 43.4 Å². The van der Waals surface area contributed by atoms with Crippen molar-refractivity contribution >= 4 is 45.8 Å². The number of pyridine rings is 1. The molecule has 7 heteroatoms. The summed E-state index contributed by atoms with van der Waals surface area (Å²) < 4.78 is 0. The van der Waals surface area contributed by atoms with Crippen molar-refractivity contribution in [2.75, 3.05) is 19.6 Å². The molecule has 0 saturated carbocycles. The second kappa shape index (κ2) is 10.9. The fourth-order valence-electron chi connectivity index (χ4n) is 4.41. The van der Waals surface area contributed by atoms with Crippen LogP contribution in [0.25, 0.3) is 10.9 Å². The molecule has 0 bridgehead atoms. The molecular weight excluding hydrogens is 469 g/mol. The Morgan fingerprint density at radius 2 is 1.76 bits per heavy atom. The summed E-state index contributed by atoms with van der Waals surface area (Å²) in [4.78, 5) is 32.6. The van der Waals surface area contributed by atoms with Crippen LogP contribution in [0.15, 0.2) is 54.7 Å². The molecule has 1 aliphatic heterocycles. The van der Waals surface area contributed by atoms with Crippen molar-refractivity contribution in [3.63, 3.8) is 0 Å². The maximum absolute atomic E-state index is 13.0. The number of amides is 1. The van der Waals surface area contributed by atoms with Gasteiger partial charge in [0.1, 0.15) is 0 Å². The molecule has 0 spiro atoms. The average Bonchev–Trinajstić information content (AvgIpc) is 2.85. The Kier molecular flexibility index (Phi) is 7.87. The fraction of sp³-hybridized carbons (Fsp3) is 0.370. The highest BCUT2D eigenvalue weighted by atomic mass is 35.5. The van der Waals surface area contributed by atoms with Gasteiger partial charge in [-0.15, -0.1) is 0 Å². The van der Waals surface area contributed by atoms with E-state index in [1.54, 1.807) is 24.4 Å². The third-order valence-electron chi connectivity index (χ3n) is 6.59. The fourth-order valence-corrected chi connectivity index (χ4v) is 4.71. The van der Waals surface area contributed by atoms with E-state index in [0.29, 0.717) is 21.2 Å². The van der Waals surface area contributed by atoms with E-state index in [1.807, 2.05) is 30.3 Å². The van der Waals surface area contributed by atoms with Crippen LogP contribution in [-0.2, 0) is 0 Å². The van der Waals surface area contributed by atoms with E-state index in [4.69, 9.17) is 23.2 Å². The first-order valence-corrected chi connectivity index (χ1v) is 12.4. The Labute approximate surface area is 210 Å². The van der Waals surface area contributed by atoms with Gasteiger partial charge in [-0.2, -0.15) is 0 Å². The van der Waals surface area contributed by atoms with Crippen molar-refractivity contribution in [3.05, 3.63) is 75.9 Å². The molecule has 1 atom stereocenters. The molecule has 2 aromatic carbocycles. The summed E-state index contributed by atoms with van der Waals surface area (Å²) >= 11 is 12.1. The molecule has 1 unspecified atom stereocenters. The number of para-hydroxylation sites is 1. The normalized spacial score (nSPS) is 16.0. The number of nitrogens with zero attached hydrogens (tertiary/aromatic N) is 2. The number of hydrogen-bond acceptors (Lipinski definition) is 4. The molecule has 1 saturated heterocycles. The molecule has 1 amide bonds. The molecule has 34 heavy (non-hydrogen) atoms. The third kappa shape index (κ3) is 5.77. The zero-order valence-corrected chi connectivity index (χ0v) is 20.9. The highest BCUT2D eigenvalue weighted by molar-refractivity contribution is 6.42. The van der Waals surface area contributed by atoms with Crippen LogP contribution in [-0.4, -0.2) is 47.3 Å². The smallest absolute Gasteiger partial charge is 0.253 e. The highest BCUT2D eigenvalue weighted by Gasteiger charge is 2.28. The van der Waals surface area contributed by atoms with E-state index in [2.05, 4.69) is 29.0 Å². The molecule has 1 aliphatic rings. The van der Waals surface area contributed by atoms with Crippen molar-refractivity contribution < 1.29 is 9.59 Å². The van der Waals surface area contributed by atoms with Gasteiger partial charge in [0, 0.05) is 35.7 Å². The molecule has 1 N–H and O–H groups in total. The molecule has 5 nitrogen and oxygen atoms in total. The molecule has 0 aliphatic carbocycles. The van der Waals surface area contributed by atoms with Gasteiger partial charge in [-0.1, -0.05) is 55.2 Å². The van der Waals surface area contributed by atoms with Gasteiger partial charge in [-0.05, 0) is 62.2 Å². The molecule has 1 fully saturated rings. The first kappa shape index (κ1) is 24.6. The minimum atomic E-state index is -0.110. The van der Waals surface area contributed by atoms with Gasteiger partial charge < -0.3 is 10.2 Å². The maximum atomic E-state index is 13.0. The summed E-state index contributed by atoms with van der Waals surface area (Å²) in [5.41, 5.74) is 2.05. The van der Waals surface area contributed by atoms with Crippen LogP contribution in [0.3, 0.4) is 0 Å². The van der Waals surface area contributed by atoms with Gasteiger partial charge in [-0.25, -0.2) is 0 Å². The average molecular weight is 498 g/mol. The predicted molar refractivity (Wildman–Crippen MR) is 138 cm³/mol. The number of carbonyl (C=O) groups is 2. The van der Waals surface area contributed by atoms with Crippen LogP contribution < -0.4 is 5.32 Å². The molecule has 0 radical (unpaired) electrons. The number of ketones is 1. The van der Waals surface area contributed by atoms with Crippen molar-refractivity contribution in [2.45, 2.75) is 32.7 Å². The van der Waals surface area contributed by atoms with Crippen LogP contribution in [0, 0.1) is 11.8 Å². The van der Waals surface area contributed by atoms with Crippen molar-refractivity contribution in [1.82, 2.24) is 15.2 Å². The molecule has 3 aromatic rings. The summed E-state index contributed by atoms with van der Waals surface area (Å²) in [6.45, 7) is 6.61. The quantitative estimate of drug-likeness (QED) is 0.413. The molecule has 1 aromatic heterocycles. The van der Waals surface area contributed by atoms with Crippen LogP contribution in [0.1, 0.15) is 47.4 Å². The van der Waals surface area contributed by atoms with Crippen molar-refractivity contribution in [3.8, 4) is 0 Å². The predicted octanol–water partition coefficient (Wildman–Crippen LogP) is 5.89. The van der Waals surface area contributed by atoms with E-state index in [-0.39, 0.29) is 29.6 Å². The van der Waals surface area contributed by atoms with Crippen LogP contribution in [0.4, 0.5) is 0 Å². The molecule has 4 rings (SSSR count). The molecule has 178 valence electrons. The second-order valence-electron chi connectivity index (χ2n) is 9.31. The van der Waals surface area contributed by atoms with Crippen molar-refractivity contribution in [2.24, 2.45) is 11.8 Å². The van der Waals surface area contributed by atoms with E-state index in [1.165, 1.54) is 0 Å². The van der Waals surface area contributed by atoms with Crippen LogP contribution in [0.2, 0.25) is 10.0 Å². The first-order valence-electron chi connectivity index (χ1n) is 11.7. The maximum Gasteiger partial charge on any atom is 0.253 e. The standard InChI is InChI=1S/C27H29Cl2N3O2/c1-17(2)25(31-27(34)21-13-19-5-3-4-6-24(19)30-15-21)16-32-11-9-18(10-12-32)26(33)20-7-8-22(28)23(29)14-20/h3-8,13-15,17-18,25H,9-12,16H2,1-2H3,(H,31,34). The van der Waals surface area contributed by atoms with E-state index >= 15 is 0 Å². The monoisotopic (exact) mass is 497 g/mol. The SMILES string of the molecule is CC(C)C(CN1CCC(C(=O)c2ccc(Cl)c(Cl)c2)CC1)NC(=O)c1cnc2ccccc2c1. The number of likely N-dealkylation sites (tertiary alicyclic amines) is 1. The lowest BCUT2D eigenvalue weighted by atomic mass is 9.88. The first-order chi connectivity index (χ1) is 16.3. The number of halogens is 2. The van der Waals surface area contributed by atoms with Crippen LogP contribution >= 0.6 is 23.2 Å². The number of nitrogens with one attached hydrogen (secondary N) is 1. The van der Waals surface area contributed by atoms with Gasteiger partial charge in [0.25, 0.3) is 5.91 Å². The van der Waals surface area contributed by atoms with Gasteiger partial charge in [0.05, 0.1) is 21.1 Å². The molecule has 2 heterocycles. The number of rotatable bonds is 7. The van der Waals surface area contributed by atoms with E-state index in [9.17, 15) is 9.59 Å². The Hall–Kier alpha value is -2.47. The summed E-state index contributed by atoms with van der Waals surface area (Å²) in [5.74, 6) is 0.259. The largest absolute Gasteiger partial charge is 0.348 e. The lowest BCUT2D eigenvalue weighted by Crippen LogP contribution is -2.49. The number of fused-ring (bicyclic) bond motifs is 1. The van der Waals surface area contributed by atoms with Gasteiger partial charge in [0.15, 0.2) is 5.78 Å². The highest BCUT2D eigenvalue weighted by Crippen LogP contribution is 2.27. The summed E-state index contributed by atoms with van der Waals surface area (Å²) in [6, 6.07) is 14.7. The Morgan fingerprint density at radius 3 is 2.47 bits per heavy atom. The minimum absolute atomic E-state index is 0.00120. The van der Waals surface area contributed by atoms with Gasteiger partial charge in [-0.3, -0.25) is 14.6 Å². The lowest BCUT2D eigenvalue weighted by Gasteiger charge is -2.35. The van der Waals surface area contributed by atoms with Crippen molar-refractivity contribution in [1.29, 1.82) is 0 Å². The topological polar surface area (TPSA) is 62.3 Å². The Morgan fingerprint density at radius 1 is 1.03 bits per heavy atom. The lowest BCUT2D eigenvalue weighted by molar-refractivity contribution is 0.0811. The third-order valence-corrected chi connectivity index (χ3v) is 7.33. The second-order valence-corrected chi connectivity index (χ2v) is 10.1. The zero-order chi connectivity index (χ0) is 24.2. The van der Waals surface area contributed by atoms with Crippen LogP contribution in [0.5, 0.6) is 0 Å². The van der Waals surface area contributed by atoms with Gasteiger partial charge in [0.2, 0.25) is 0 Å². The minimum Gasteiger partial charge on any atom is -0.348 e. The number of Topliss-reactive ketones (excluding diaryl/α,β-unsaturated/α-hetero) is 1. The number of hydrogen-bond donors (Lipinski definition) is 1. The Bertz CT molecular complexity index is 1190. The summed E-state index contributed by atoms with van der Waals surface area (Å²) in [6.07, 6.45) is 3.20. The number of carbonyl (C=O) groups excluding carboxylic acids is 2. The van der Waals surface area contributed by atoms with Gasteiger partial charge >= 0.3 is 0 Å². The number of piperidine rings is 1. The summed E-state index contributed by atoms with van der Waals surface area (Å²) in [7, 11) is 0. The van der Waals surface area contributed by atoms with E-state index < -0.39 is 0 Å². The number of benzene rings is 2. The molecular formula is C27H29Cl2N3O2.